The van der Waals surface area contributed by atoms with Crippen LogP contribution in [0.15, 0.2) is 0 Å². The highest BCUT2D eigenvalue weighted by molar-refractivity contribution is 14.1. The first-order valence-corrected chi connectivity index (χ1v) is 4.94. The summed E-state index contributed by atoms with van der Waals surface area (Å²) in [4.78, 5) is 2.47. The number of halogens is 1. The monoisotopic (exact) mass is 269 g/mol. The van der Waals surface area contributed by atoms with Crippen molar-refractivity contribution in [1.29, 1.82) is 0 Å². The Bertz CT molecular complexity index is 133. The number of hydrogen-bond acceptors (Lipinski definition) is 2. The van der Waals surface area contributed by atoms with Gasteiger partial charge in [-0.15, -0.1) is 0 Å². The second-order valence-electron chi connectivity index (χ2n) is 4.12. The molecule has 1 aliphatic rings. The van der Waals surface area contributed by atoms with Gasteiger partial charge in [0.25, 0.3) is 0 Å². The Labute approximate surface area is 83.0 Å². The SMILES string of the molecule is CC(C)(C)N1CCC(OI)C1. The normalized spacial score (nSPS) is 27.8. The van der Waals surface area contributed by atoms with Gasteiger partial charge in [-0.2, -0.15) is 0 Å². The van der Waals surface area contributed by atoms with Gasteiger partial charge >= 0.3 is 0 Å². The van der Waals surface area contributed by atoms with Crippen LogP contribution in [0.4, 0.5) is 0 Å². The van der Waals surface area contributed by atoms with Gasteiger partial charge in [0.15, 0.2) is 0 Å². The number of hydrogen-bond donors (Lipinski definition) is 0. The molecule has 0 radical (unpaired) electrons. The molecule has 1 atom stereocenters. The molecular formula is C8H16INO. The second-order valence-corrected chi connectivity index (χ2v) is 4.63. The molecule has 0 spiro atoms. The lowest BCUT2D eigenvalue weighted by Crippen LogP contribution is -2.39. The van der Waals surface area contributed by atoms with E-state index in [-0.39, 0.29) is 0 Å². The van der Waals surface area contributed by atoms with E-state index >= 15 is 0 Å². The van der Waals surface area contributed by atoms with E-state index in [1.54, 1.807) is 0 Å². The molecule has 0 N–H and O–H groups in total. The number of rotatable bonds is 1. The molecule has 66 valence electrons. The molecule has 0 saturated carbocycles. The summed E-state index contributed by atoms with van der Waals surface area (Å²) in [7, 11) is 0. The molecule has 0 aliphatic carbocycles. The van der Waals surface area contributed by atoms with E-state index in [9.17, 15) is 0 Å². The van der Waals surface area contributed by atoms with E-state index in [1.807, 2.05) is 23.0 Å². The third-order valence-corrected chi connectivity index (χ3v) is 2.94. The van der Waals surface area contributed by atoms with Crippen LogP contribution in [0.1, 0.15) is 27.2 Å². The van der Waals surface area contributed by atoms with Crippen LogP contribution in [0.5, 0.6) is 0 Å². The molecule has 0 amide bonds. The molecule has 1 heterocycles. The lowest BCUT2D eigenvalue weighted by Gasteiger charge is -2.31. The first-order chi connectivity index (χ1) is 5.04. The summed E-state index contributed by atoms with van der Waals surface area (Å²) in [6, 6.07) is 0. The Hall–Kier alpha value is 0.650. The highest BCUT2D eigenvalue weighted by Gasteiger charge is 2.30. The fourth-order valence-electron chi connectivity index (χ4n) is 1.41. The van der Waals surface area contributed by atoms with Crippen molar-refractivity contribution in [1.82, 2.24) is 4.90 Å². The molecule has 1 fully saturated rings. The maximum Gasteiger partial charge on any atom is 0.110 e. The summed E-state index contributed by atoms with van der Waals surface area (Å²) >= 11 is 2.00. The Morgan fingerprint density at radius 1 is 1.45 bits per heavy atom. The highest BCUT2D eigenvalue weighted by atomic mass is 127. The first-order valence-electron chi connectivity index (χ1n) is 4.06. The summed E-state index contributed by atoms with van der Waals surface area (Å²) in [5, 5.41) is 0. The van der Waals surface area contributed by atoms with E-state index in [2.05, 4.69) is 25.7 Å². The van der Waals surface area contributed by atoms with Gasteiger partial charge in [0.2, 0.25) is 0 Å². The van der Waals surface area contributed by atoms with E-state index in [0.717, 1.165) is 6.54 Å². The molecule has 1 rings (SSSR count). The summed E-state index contributed by atoms with van der Waals surface area (Å²) in [5.41, 5.74) is 0.309. The zero-order valence-corrected chi connectivity index (χ0v) is 9.59. The van der Waals surface area contributed by atoms with Crippen molar-refractivity contribution in [3.05, 3.63) is 0 Å². The van der Waals surface area contributed by atoms with Gasteiger partial charge in [0.05, 0.1) is 6.10 Å². The number of likely N-dealkylation sites (tertiary alicyclic amines) is 1. The number of nitrogens with zero attached hydrogens (tertiary/aromatic N) is 1. The lowest BCUT2D eigenvalue weighted by atomic mass is 10.1. The van der Waals surface area contributed by atoms with Crippen molar-refractivity contribution in [2.75, 3.05) is 13.1 Å². The van der Waals surface area contributed by atoms with Gasteiger partial charge in [0.1, 0.15) is 23.0 Å². The standard InChI is InChI=1S/C8H16INO/c1-8(2,3)10-5-4-7(6-10)11-9/h7H,4-6H2,1-3H3. The molecule has 0 aromatic heterocycles. The molecule has 11 heavy (non-hydrogen) atoms. The summed E-state index contributed by atoms with van der Waals surface area (Å²) < 4.78 is 5.26. The quantitative estimate of drug-likeness (QED) is 0.677. The Balaban J connectivity index is 2.42. The fourth-order valence-corrected chi connectivity index (χ4v) is 1.83. The molecule has 2 nitrogen and oxygen atoms in total. The van der Waals surface area contributed by atoms with Gasteiger partial charge in [-0.3, -0.25) is 4.90 Å². The molecule has 3 heteroatoms. The average molecular weight is 269 g/mol. The van der Waals surface area contributed by atoms with Crippen LogP contribution in [0.2, 0.25) is 0 Å². The van der Waals surface area contributed by atoms with Gasteiger partial charge in [-0.1, -0.05) is 0 Å². The van der Waals surface area contributed by atoms with Gasteiger partial charge in [-0.05, 0) is 27.2 Å². The minimum absolute atomic E-state index is 0.309. The zero-order chi connectivity index (χ0) is 8.48. The molecule has 0 aromatic rings. The van der Waals surface area contributed by atoms with E-state index < -0.39 is 0 Å². The van der Waals surface area contributed by atoms with Crippen molar-refractivity contribution in [2.45, 2.75) is 38.8 Å². The lowest BCUT2D eigenvalue weighted by molar-refractivity contribution is 0.156. The second kappa shape index (κ2) is 3.58. The fraction of sp³-hybridized carbons (Fsp3) is 1.00. The van der Waals surface area contributed by atoms with E-state index in [4.69, 9.17) is 3.07 Å². The van der Waals surface area contributed by atoms with Crippen molar-refractivity contribution in [3.8, 4) is 0 Å². The van der Waals surface area contributed by atoms with Crippen molar-refractivity contribution in [2.24, 2.45) is 0 Å². The third-order valence-electron chi connectivity index (χ3n) is 2.22. The van der Waals surface area contributed by atoms with Gasteiger partial charge in [-0.25, -0.2) is 0 Å². The molecule has 1 unspecified atom stereocenters. The molecular weight excluding hydrogens is 253 g/mol. The summed E-state index contributed by atoms with van der Waals surface area (Å²) in [6.07, 6.45) is 1.63. The largest absolute Gasteiger partial charge is 0.311 e. The average Bonchev–Trinajstić information content (AvgIpc) is 2.32. The molecule has 0 bridgehead atoms. The first kappa shape index (κ1) is 9.74. The van der Waals surface area contributed by atoms with Crippen LogP contribution in [-0.2, 0) is 3.07 Å². The smallest absolute Gasteiger partial charge is 0.110 e. The van der Waals surface area contributed by atoms with Crippen LogP contribution in [0.3, 0.4) is 0 Å². The van der Waals surface area contributed by atoms with Crippen molar-refractivity contribution in [3.63, 3.8) is 0 Å². The minimum atomic E-state index is 0.309. The Morgan fingerprint density at radius 2 is 2.09 bits per heavy atom. The zero-order valence-electron chi connectivity index (χ0n) is 7.43. The van der Waals surface area contributed by atoms with Gasteiger partial charge < -0.3 is 3.07 Å². The third kappa shape index (κ3) is 2.56. The summed E-state index contributed by atoms with van der Waals surface area (Å²) in [6.45, 7) is 9.03. The van der Waals surface area contributed by atoms with Crippen LogP contribution < -0.4 is 0 Å². The summed E-state index contributed by atoms with van der Waals surface area (Å²) in [5.74, 6) is 0. The Morgan fingerprint density at radius 3 is 2.36 bits per heavy atom. The van der Waals surface area contributed by atoms with E-state index in [1.165, 1.54) is 13.0 Å². The molecule has 0 aromatic carbocycles. The van der Waals surface area contributed by atoms with Crippen molar-refractivity contribution >= 4 is 23.0 Å². The predicted octanol–water partition coefficient (Wildman–Crippen LogP) is 2.23. The van der Waals surface area contributed by atoms with E-state index in [0.29, 0.717) is 11.6 Å². The molecule has 1 saturated heterocycles. The topological polar surface area (TPSA) is 12.5 Å². The van der Waals surface area contributed by atoms with Crippen LogP contribution in [0, 0.1) is 0 Å². The Kier molecular flexibility index (Phi) is 3.17. The highest BCUT2D eigenvalue weighted by Crippen LogP contribution is 2.22. The van der Waals surface area contributed by atoms with Gasteiger partial charge in [0, 0.05) is 18.6 Å². The maximum atomic E-state index is 5.26. The van der Waals surface area contributed by atoms with Crippen LogP contribution in [-0.4, -0.2) is 29.6 Å². The predicted molar refractivity (Wildman–Crippen MR) is 54.8 cm³/mol. The minimum Gasteiger partial charge on any atom is -0.311 e. The van der Waals surface area contributed by atoms with Crippen molar-refractivity contribution < 1.29 is 3.07 Å². The van der Waals surface area contributed by atoms with Crippen LogP contribution in [0.25, 0.3) is 0 Å². The maximum absolute atomic E-state index is 5.26. The molecule has 1 aliphatic heterocycles. The van der Waals surface area contributed by atoms with Crippen LogP contribution >= 0.6 is 23.0 Å².